The second-order valence-corrected chi connectivity index (χ2v) is 8.68. The lowest BCUT2D eigenvalue weighted by molar-refractivity contribution is 0.0977. The van der Waals surface area contributed by atoms with Crippen LogP contribution in [0.5, 0.6) is 0 Å². The Kier molecular flexibility index (Phi) is 5.96. The van der Waals surface area contributed by atoms with Gasteiger partial charge in [-0.1, -0.05) is 54.8 Å². The summed E-state index contributed by atoms with van der Waals surface area (Å²) in [7, 11) is 0. The van der Waals surface area contributed by atoms with Crippen molar-refractivity contribution in [2.75, 3.05) is 13.1 Å². The summed E-state index contributed by atoms with van der Waals surface area (Å²) in [5.41, 5.74) is 1.75. The van der Waals surface area contributed by atoms with Gasteiger partial charge in [0, 0.05) is 30.7 Å². The van der Waals surface area contributed by atoms with Gasteiger partial charge in [0.25, 0.3) is 5.91 Å². The maximum Gasteiger partial charge on any atom is 0.257 e. The quantitative estimate of drug-likeness (QED) is 0.667. The number of aromatic nitrogens is 3. The van der Waals surface area contributed by atoms with Crippen LogP contribution >= 0.6 is 0 Å². The van der Waals surface area contributed by atoms with Gasteiger partial charge in [0.15, 0.2) is 0 Å². The zero-order valence-electron chi connectivity index (χ0n) is 18.2. The molecule has 2 aromatic carbocycles. The molecule has 0 bridgehead atoms. The minimum atomic E-state index is -0.125. The number of hydrogen-bond acceptors (Lipinski definition) is 5. The molecule has 0 atom stereocenters. The van der Waals surface area contributed by atoms with Gasteiger partial charge >= 0.3 is 0 Å². The molecule has 2 aliphatic rings. The van der Waals surface area contributed by atoms with Crippen LogP contribution in [0.3, 0.4) is 0 Å². The third kappa shape index (κ3) is 4.56. The summed E-state index contributed by atoms with van der Waals surface area (Å²) < 4.78 is 1.78. The number of fused-ring (bicyclic) bond motifs is 1. The van der Waals surface area contributed by atoms with Gasteiger partial charge in [-0.15, -0.1) is 5.10 Å². The van der Waals surface area contributed by atoms with Crippen LogP contribution in [0.25, 0.3) is 10.8 Å². The Morgan fingerprint density at radius 3 is 2.72 bits per heavy atom. The Balaban J connectivity index is 1.30. The summed E-state index contributed by atoms with van der Waals surface area (Å²) in [6, 6.07) is 11.9. The number of nitrogens with one attached hydrogen (secondary N) is 1. The molecule has 1 aliphatic heterocycles. The fourth-order valence-corrected chi connectivity index (χ4v) is 4.79. The zero-order valence-corrected chi connectivity index (χ0v) is 18.2. The highest BCUT2D eigenvalue weighted by atomic mass is 16.1. The first-order valence-electron chi connectivity index (χ1n) is 11.4. The molecule has 3 aromatic rings. The fraction of sp³-hybridized carbons (Fsp3) is 0.360. The van der Waals surface area contributed by atoms with Gasteiger partial charge in [0.1, 0.15) is 5.84 Å². The molecule has 0 saturated heterocycles. The van der Waals surface area contributed by atoms with E-state index in [-0.39, 0.29) is 5.91 Å². The summed E-state index contributed by atoms with van der Waals surface area (Å²) in [4.78, 5) is 19.9. The Labute approximate surface area is 187 Å². The number of rotatable bonds is 5. The third-order valence-corrected chi connectivity index (χ3v) is 6.40. The molecule has 164 valence electrons. The van der Waals surface area contributed by atoms with Crippen molar-refractivity contribution in [2.24, 2.45) is 10.9 Å². The molecule has 0 spiro atoms. The van der Waals surface area contributed by atoms with Gasteiger partial charge in [0.2, 0.25) is 0 Å². The van der Waals surface area contributed by atoms with E-state index in [1.165, 1.54) is 32.1 Å². The number of carbonyl (C=O) groups is 1. The molecular weight excluding hydrogens is 400 g/mol. The molecule has 1 aliphatic carbocycles. The number of benzene rings is 2. The highest BCUT2D eigenvalue weighted by molar-refractivity contribution is 6.14. The summed E-state index contributed by atoms with van der Waals surface area (Å²) in [6.07, 6.45) is 14.0. The van der Waals surface area contributed by atoms with Gasteiger partial charge in [-0.3, -0.25) is 4.79 Å². The van der Waals surface area contributed by atoms with Gasteiger partial charge in [0.05, 0.1) is 19.3 Å². The average Bonchev–Trinajstić information content (AvgIpc) is 3.33. The van der Waals surface area contributed by atoms with Crippen molar-refractivity contribution in [3.8, 4) is 0 Å². The lowest BCUT2D eigenvalue weighted by atomic mass is 9.89. The zero-order chi connectivity index (χ0) is 21.8. The third-order valence-electron chi connectivity index (χ3n) is 6.40. The van der Waals surface area contributed by atoms with Crippen LogP contribution in [0.2, 0.25) is 0 Å². The van der Waals surface area contributed by atoms with Crippen LogP contribution in [0.1, 0.15) is 48.0 Å². The number of nitrogens with zero attached hydrogens (tertiary/aromatic N) is 5. The van der Waals surface area contributed by atoms with Crippen LogP contribution < -0.4 is 5.32 Å². The SMILES string of the molecule is O=C(NC1=NC=CN(CC2CCCCC2)C1)c1ccc(Cn2ccnn2)c2ccccc12. The van der Waals surface area contributed by atoms with Crippen molar-refractivity contribution in [2.45, 2.75) is 38.6 Å². The minimum absolute atomic E-state index is 0.125. The predicted molar refractivity (Wildman–Crippen MR) is 125 cm³/mol. The maximum atomic E-state index is 13.2. The number of amides is 1. The molecule has 0 radical (unpaired) electrons. The number of carbonyl (C=O) groups excluding carboxylic acids is 1. The summed E-state index contributed by atoms with van der Waals surface area (Å²) in [5.74, 6) is 1.31. The van der Waals surface area contributed by atoms with E-state index in [9.17, 15) is 4.79 Å². The first-order chi connectivity index (χ1) is 15.8. The van der Waals surface area contributed by atoms with E-state index in [1.807, 2.05) is 48.8 Å². The van der Waals surface area contributed by atoms with Crippen molar-refractivity contribution in [1.82, 2.24) is 25.2 Å². The van der Waals surface area contributed by atoms with E-state index < -0.39 is 0 Å². The van der Waals surface area contributed by atoms with Crippen molar-refractivity contribution in [3.63, 3.8) is 0 Å². The molecule has 1 saturated carbocycles. The van der Waals surface area contributed by atoms with Crippen LogP contribution in [0.4, 0.5) is 0 Å². The van der Waals surface area contributed by atoms with E-state index >= 15 is 0 Å². The van der Waals surface area contributed by atoms with Crippen molar-refractivity contribution < 1.29 is 4.79 Å². The molecule has 1 N–H and O–H groups in total. The molecule has 5 rings (SSSR count). The second-order valence-electron chi connectivity index (χ2n) is 8.68. The Bertz CT molecular complexity index is 1140. The maximum absolute atomic E-state index is 13.2. The molecule has 7 nitrogen and oxygen atoms in total. The highest BCUT2D eigenvalue weighted by Gasteiger charge is 2.20. The van der Waals surface area contributed by atoms with Crippen molar-refractivity contribution in [3.05, 3.63) is 72.3 Å². The molecule has 2 heterocycles. The number of aliphatic imine (C=N–C) groups is 1. The highest BCUT2D eigenvalue weighted by Crippen LogP contribution is 2.25. The predicted octanol–water partition coefficient (Wildman–Crippen LogP) is 3.98. The minimum Gasteiger partial charge on any atom is -0.368 e. The normalized spacial score (nSPS) is 16.9. The summed E-state index contributed by atoms with van der Waals surface area (Å²) in [6.45, 7) is 2.28. The lowest BCUT2D eigenvalue weighted by Gasteiger charge is -2.30. The molecule has 7 heteroatoms. The van der Waals surface area contributed by atoms with E-state index in [0.29, 0.717) is 24.5 Å². The van der Waals surface area contributed by atoms with Crippen LogP contribution in [0, 0.1) is 5.92 Å². The number of hydrogen-bond donors (Lipinski definition) is 1. The Morgan fingerprint density at radius 2 is 1.91 bits per heavy atom. The Hall–Kier alpha value is -3.48. The second kappa shape index (κ2) is 9.34. The average molecular weight is 429 g/mol. The van der Waals surface area contributed by atoms with E-state index in [4.69, 9.17) is 0 Å². The van der Waals surface area contributed by atoms with E-state index in [0.717, 1.165) is 28.8 Å². The first-order valence-corrected chi connectivity index (χ1v) is 11.4. The fourth-order valence-electron chi connectivity index (χ4n) is 4.79. The van der Waals surface area contributed by atoms with Crippen LogP contribution in [-0.2, 0) is 6.54 Å². The molecule has 1 aromatic heterocycles. The molecule has 1 amide bonds. The van der Waals surface area contributed by atoms with Gasteiger partial charge in [-0.05, 0) is 41.2 Å². The number of amidine groups is 1. The molecule has 1 fully saturated rings. The molecule has 32 heavy (non-hydrogen) atoms. The smallest absolute Gasteiger partial charge is 0.257 e. The Morgan fingerprint density at radius 1 is 1.06 bits per heavy atom. The van der Waals surface area contributed by atoms with Gasteiger partial charge in [-0.25, -0.2) is 9.67 Å². The topological polar surface area (TPSA) is 75.4 Å². The summed E-state index contributed by atoms with van der Waals surface area (Å²) >= 11 is 0. The van der Waals surface area contributed by atoms with Gasteiger partial charge < -0.3 is 10.2 Å². The molecular formula is C25H28N6O. The molecule has 0 unspecified atom stereocenters. The summed E-state index contributed by atoms with van der Waals surface area (Å²) in [5, 5.41) is 13.0. The standard InChI is InChI=1S/C25H28N6O/c32-25(28-24-18-30(14-12-26-24)16-19-6-2-1-3-7-19)23-11-10-20(17-31-15-13-27-29-31)21-8-4-5-9-22(21)23/h4-5,8-15,19H,1-3,6-7,16-18H2,(H,26,28,32). The van der Waals surface area contributed by atoms with Crippen LogP contribution in [0.15, 0.2) is 66.2 Å². The monoisotopic (exact) mass is 428 g/mol. The van der Waals surface area contributed by atoms with Crippen molar-refractivity contribution in [1.29, 1.82) is 0 Å². The van der Waals surface area contributed by atoms with E-state index in [1.54, 1.807) is 17.1 Å². The van der Waals surface area contributed by atoms with E-state index in [2.05, 4.69) is 25.5 Å². The lowest BCUT2D eigenvalue weighted by Crippen LogP contribution is -2.41. The van der Waals surface area contributed by atoms with Crippen LogP contribution in [-0.4, -0.2) is 44.7 Å². The van der Waals surface area contributed by atoms with Gasteiger partial charge in [-0.2, -0.15) is 0 Å². The largest absolute Gasteiger partial charge is 0.368 e. The van der Waals surface area contributed by atoms with Crippen molar-refractivity contribution >= 4 is 22.5 Å². The first kappa shape index (κ1) is 20.4.